The summed E-state index contributed by atoms with van der Waals surface area (Å²) in [6.45, 7) is 6.54. The molecule has 0 aliphatic carbocycles. The first kappa shape index (κ1) is 18.6. The fraction of sp³-hybridized carbons (Fsp3) is 0.261. The Bertz CT molecular complexity index is 1470. The maximum Gasteiger partial charge on any atom is 0.261 e. The van der Waals surface area contributed by atoms with Crippen LogP contribution in [0.1, 0.15) is 16.8 Å². The summed E-state index contributed by atoms with van der Waals surface area (Å²) >= 11 is 0. The number of aliphatic hydroxyl groups is 1. The Balaban J connectivity index is 1.55. The van der Waals surface area contributed by atoms with Crippen LogP contribution in [0, 0.1) is 20.8 Å². The summed E-state index contributed by atoms with van der Waals surface area (Å²) in [7, 11) is 0. The molecular formula is C23H23N5O2. The first-order valence-electron chi connectivity index (χ1n) is 10.0. The first-order valence-corrected chi connectivity index (χ1v) is 10.0. The van der Waals surface area contributed by atoms with E-state index in [1.165, 1.54) is 11.1 Å². The Labute approximate surface area is 172 Å². The van der Waals surface area contributed by atoms with Crippen molar-refractivity contribution >= 4 is 27.6 Å². The minimum absolute atomic E-state index is 0.126. The zero-order valence-corrected chi connectivity index (χ0v) is 17.2. The summed E-state index contributed by atoms with van der Waals surface area (Å²) in [5.41, 5.74) is 6.39. The number of fused-ring (bicyclic) bond motifs is 4. The van der Waals surface area contributed by atoms with Crippen molar-refractivity contribution in [2.75, 3.05) is 0 Å². The molecule has 0 saturated heterocycles. The van der Waals surface area contributed by atoms with Crippen LogP contribution >= 0.6 is 0 Å². The number of imidazole rings is 1. The van der Waals surface area contributed by atoms with E-state index >= 15 is 0 Å². The predicted molar refractivity (Wildman–Crippen MR) is 117 cm³/mol. The molecule has 1 atom stereocenters. The number of aliphatic hydroxyl groups excluding tert-OH is 1. The summed E-state index contributed by atoms with van der Waals surface area (Å²) in [6.07, 6.45) is 0.982. The van der Waals surface area contributed by atoms with Gasteiger partial charge in [0.25, 0.3) is 5.56 Å². The van der Waals surface area contributed by atoms with Crippen molar-refractivity contribution in [2.45, 2.75) is 40.0 Å². The minimum Gasteiger partial charge on any atom is -0.389 e. The standard InChI is InChI=1S/C23H23N5O2/c1-14-8-19-21(9-15(14)2)26(13-24-19)11-17(29)12-27-22-10-16(3)25-28(22)20-7-5-4-6-18(20)23(27)30/h4-10,13,17,29H,11-12H2,1-3H3. The Morgan fingerprint density at radius 2 is 1.77 bits per heavy atom. The number of aromatic nitrogens is 5. The Morgan fingerprint density at radius 3 is 2.60 bits per heavy atom. The van der Waals surface area contributed by atoms with Crippen molar-refractivity contribution < 1.29 is 5.11 Å². The van der Waals surface area contributed by atoms with Crippen molar-refractivity contribution in [1.29, 1.82) is 0 Å². The molecule has 0 spiro atoms. The second-order valence-corrected chi connectivity index (χ2v) is 7.96. The molecule has 5 rings (SSSR count). The molecule has 5 aromatic rings. The molecule has 0 radical (unpaired) electrons. The zero-order chi connectivity index (χ0) is 21.0. The van der Waals surface area contributed by atoms with Gasteiger partial charge in [-0.1, -0.05) is 12.1 Å². The Kier molecular flexibility index (Phi) is 4.22. The number of rotatable bonds is 4. The summed E-state index contributed by atoms with van der Waals surface area (Å²) in [5.74, 6) is 0. The van der Waals surface area contributed by atoms with Crippen molar-refractivity contribution in [3.8, 4) is 0 Å². The minimum atomic E-state index is -0.762. The maximum absolute atomic E-state index is 13.2. The lowest BCUT2D eigenvalue weighted by Gasteiger charge is -2.16. The lowest BCUT2D eigenvalue weighted by atomic mass is 10.1. The van der Waals surface area contributed by atoms with E-state index in [4.69, 9.17) is 0 Å². The SMILES string of the molecule is Cc1cc2n(CC(O)Cn3cnc4cc(C)c(C)cc43)c(=O)c3ccccc3n2n1. The largest absolute Gasteiger partial charge is 0.389 e. The fourth-order valence-corrected chi connectivity index (χ4v) is 4.07. The first-order chi connectivity index (χ1) is 14.4. The molecule has 0 bridgehead atoms. The molecule has 0 amide bonds. The summed E-state index contributed by atoms with van der Waals surface area (Å²) < 4.78 is 5.33. The molecule has 1 unspecified atom stereocenters. The van der Waals surface area contributed by atoms with Crippen LogP contribution in [0.2, 0.25) is 0 Å². The van der Waals surface area contributed by atoms with E-state index in [0.717, 1.165) is 22.2 Å². The number of hydrogen-bond acceptors (Lipinski definition) is 4. The van der Waals surface area contributed by atoms with Crippen LogP contribution in [0.4, 0.5) is 0 Å². The van der Waals surface area contributed by atoms with Crippen molar-refractivity contribution in [1.82, 2.24) is 23.7 Å². The molecule has 0 saturated carbocycles. The summed E-state index contributed by atoms with van der Waals surface area (Å²) in [6, 6.07) is 13.4. The second-order valence-electron chi connectivity index (χ2n) is 7.96. The highest BCUT2D eigenvalue weighted by Crippen LogP contribution is 2.19. The van der Waals surface area contributed by atoms with Gasteiger partial charge in [-0.25, -0.2) is 9.50 Å². The molecule has 1 N–H and O–H groups in total. The lowest BCUT2D eigenvalue weighted by Crippen LogP contribution is -2.30. The Morgan fingerprint density at radius 1 is 1.00 bits per heavy atom. The van der Waals surface area contributed by atoms with Gasteiger partial charge in [0.1, 0.15) is 5.65 Å². The van der Waals surface area contributed by atoms with Gasteiger partial charge in [0.2, 0.25) is 0 Å². The summed E-state index contributed by atoms with van der Waals surface area (Å²) in [4.78, 5) is 17.6. The Hall–Kier alpha value is -3.45. The fourth-order valence-electron chi connectivity index (χ4n) is 4.07. The maximum atomic E-state index is 13.2. The molecule has 0 fully saturated rings. The van der Waals surface area contributed by atoms with Gasteiger partial charge in [-0.05, 0) is 56.2 Å². The summed E-state index contributed by atoms with van der Waals surface area (Å²) in [5, 5.41) is 16.0. The highest BCUT2D eigenvalue weighted by molar-refractivity contribution is 5.80. The number of hydrogen-bond donors (Lipinski definition) is 1. The van der Waals surface area contributed by atoms with Crippen LogP contribution in [0.15, 0.2) is 53.6 Å². The van der Waals surface area contributed by atoms with Crippen LogP contribution < -0.4 is 5.56 Å². The normalized spacial score (nSPS) is 12.9. The zero-order valence-electron chi connectivity index (χ0n) is 17.2. The number of para-hydroxylation sites is 1. The molecule has 3 heterocycles. The van der Waals surface area contributed by atoms with E-state index in [-0.39, 0.29) is 12.1 Å². The lowest BCUT2D eigenvalue weighted by molar-refractivity contribution is 0.136. The molecule has 2 aromatic carbocycles. The third kappa shape index (κ3) is 2.90. The van der Waals surface area contributed by atoms with E-state index in [2.05, 4.69) is 36.1 Å². The molecule has 3 aromatic heterocycles. The molecular weight excluding hydrogens is 378 g/mol. The molecule has 0 aliphatic heterocycles. The molecule has 30 heavy (non-hydrogen) atoms. The molecule has 7 nitrogen and oxygen atoms in total. The van der Waals surface area contributed by atoms with Crippen LogP contribution in [0.5, 0.6) is 0 Å². The second kappa shape index (κ2) is 6.81. The van der Waals surface area contributed by atoms with E-state index in [1.54, 1.807) is 21.5 Å². The van der Waals surface area contributed by atoms with Crippen molar-refractivity contribution in [3.05, 3.63) is 76.0 Å². The van der Waals surface area contributed by atoms with Gasteiger partial charge >= 0.3 is 0 Å². The highest BCUT2D eigenvalue weighted by Gasteiger charge is 2.16. The van der Waals surface area contributed by atoms with E-state index in [9.17, 15) is 9.90 Å². The molecule has 0 aliphatic rings. The van der Waals surface area contributed by atoms with Crippen molar-refractivity contribution in [3.63, 3.8) is 0 Å². The van der Waals surface area contributed by atoms with E-state index < -0.39 is 6.10 Å². The van der Waals surface area contributed by atoms with E-state index in [1.807, 2.05) is 35.8 Å². The highest BCUT2D eigenvalue weighted by atomic mass is 16.3. The van der Waals surface area contributed by atoms with Crippen LogP contribution in [0.3, 0.4) is 0 Å². The third-order valence-electron chi connectivity index (χ3n) is 5.73. The van der Waals surface area contributed by atoms with Crippen LogP contribution in [-0.4, -0.2) is 34.9 Å². The van der Waals surface area contributed by atoms with Gasteiger partial charge in [-0.2, -0.15) is 5.10 Å². The van der Waals surface area contributed by atoms with Crippen LogP contribution in [0.25, 0.3) is 27.6 Å². The van der Waals surface area contributed by atoms with Crippen LogP contribution in [-0.2, 0) is 13.1 Å². The quantitative estimate of drug-likeness (QED) is 0.502. The smallest absolute Gasteiger partial charge is 0.261 e. The van der Waals surface area contributed by atoms with Gasteiger partial charge < -0.3 is 9.67 Å². The number of aryl methyl sites for hydroxylation is 3. The molecule has 7 heteroatoms. The number of nitrogens with zero attached hydrogens (tertiary/aromatic N) is 5. The third-order valence-corrected chi connectivity index (χ3v) is 5.73. The van der Waals surface area contributed by atoms with Gasteiger partial charge in [0.15, 0.2) is 0 Å². The monoisotopic (exact) mass is 401 g/mol. The van der Waals surface area contributed by atoms with Gasteiger partial charge in [-0.15, -0.1) is 0 Å². The van der Waals surface area contributed by atoms with Gasteiger partial charge in [0.05, 0.1) is 53.2 Å². The van der Waals surface area contributed by atoms with E-state index in [0.29, 0.717) is 17.6 Å². The predicted octanol–water partition coefficient (Wildman–Crippen LogP) is 2.99. The number of benzene rings is 2. The van der Waals surface area contributed by atoms with Gasteiger partial charge in [0, 0.05) is 6.07 Å². The van der Waals surface area contributed by atoms with Crippen molar-refractivity contribution in [2.24, 2.45) is 0 Å². The average molecular weight is 401 g/mol. The topological polar surface area (TPSA) is 77.4 Å². The average Bonchev–Trinajstić information content (AvgIpc) is 3.29. The molecule has 152 valence electrons. The van der Waals surface area contributed by atoms with Gasteiger partial charge in [-0.3, -0.25) is 9.36 Å².